The Kier molecular flexibility index (Phi) is 3.93. The Labute approximate surface area is 109 Å². The normalized spacial score (nSPS) is 10.5. The van der Waals surface area contributed by atoms with E-state index in [1.165, 1.54) is 4.88 Å². The predicted octanol–water partition coefficient (Wildman–Crippen LogP) is 2.32. The van der Waals surface area contributed by atoms with Crippen LogP contribution in [0.3, 0.4) is 0 Å². The standard InChI is InChI=1S/C11H12ClN3OS/c1-15(6-9-2-3-10(12)17-9)11-5-13-8(7-16)4-14-11/h2-5,16H,6-7H2,1H3. The molecule has 0 aliphatic heterocycles. The number of aliphatic hydroxyl groups excluding tert-OH is 1. The summed E-state index contributed by atoms with van der Waals surface area (Å²) in [7, 11) is 1.94. The Morgan fingerprint density at radius 2 is 2.18 bits per heavy atom. The van der Waals surface area contributed by atoms with Crippen LogP contribution in [0.25, 0.3) is 0 Å². The van der Waals surface area contributed by atoms with Gasteiger partial charge in [-0.1, -0.05) is 11.6 Å². The molecule has 0 bridgehead atoms. The van der Waals surface area contributed by atoms with E-state index in [1.54, 1.807) is 23.7 Å². The highest BCUT2D eigenvalue weighted by atomic mass is 35.5. The lowest BCUT2D eigenvalue weighted by atomic mass is 10.4. The quantitative estimate of drug-likeness (QED) is 0.925. The molecule has 0 atom stereocenters. The third-order valence-electron chi connectivity index (χ3n) is 2.27. The smallest absolute Gasteiger partial charge is 0.147 e. The molecule has 0 aliphatic carbocycles. The third-order valence-corrected chi connectivity index (χ3v) is 3.48. The van der Waals surface area contributed by atoms with Crippen molar-refractivity contribution in [3.63, 3.8) is 0 Å². The zero-order valence-electron chi connectivity index (χ0n) is 9.30. The monoisotopic (exact) mass is 269 g/mol. The van der Waals surface area contributed by atoms with Gasteiger partial charge in [-0.25, -0.2) is 4.98 Å². The molecule has 2 rings (SSSR count). The summed E-state index contributed by atoms with van der Waals surface area (Å²) in [6.45, 7) is 0.655. The van der Waals surface area contributed by atoms with E-state index in [0.717, 1.165) is 16.7 Å². The van der Waals surface area contributed by atoms with Crippen molar-refractivity contribution in [1.29, 1.82) is 0 Å². The summed E-state index contributed by atoms with van der Waals surface area (Å²) in [4.78, 5) is 11.5. The first-order valence-electron chi connectivity index (χ1n) is 5.06. The molecular weight excluding hydrogens is 258 g/mol. The molecule has 0 saturated heterocycles. The van der Waals surface area contributed by atoms with Gasteiger partial charge in [0.25, 0.3) is 0 Å². The van der Waals surface area contributed by atoms with Crippen molar-refractivity contribution >= 4 is 28.8 Å². The van der Waals surface area contributed by atoms with Gasteiger partial charge in [-0.3, -0.25) is 4.98 Å². The van der Waals surface area contributed by atoms with Crippen LogP contribution in [-0.2, 0) is 13.2 Å². The third kappa shape index (κ3) is 3.15. The van der Waals surface area contributed by atoms with Gasteiger partial charge in [0.15, 0.2) is 0 Å². The summed E-state index contributed by atoms with van der Waals surface area (Å²) in [5.74, 6) is 0.770. The van der Waals surface area contributed by atoms with Gasteiger partial charge in [0.1, 0.15) is 5.82 Å². The Balaban J connectivity index is 2.06. The second kappa shape index (κ2) is 5.44. The van der Waals surface area contributed by atoms with Crippen molar-refractivity contribution in [3.05, 3.63) is 39.4 Å². The zero-order chi connectivity index (χ0) is 12.3. The molecule has 90 valence electrons. The lowest BCUT2D eigenvalue weighted by molar-refractivity contribution is 0.276. The number of thiophene rings is 1. The number of rotatable bonds is 4. The van der Waals surface area contributed by atoms with Gasteiger partial charge in [-0.15, -0.1) is 11.3 Å². The van der Waals surface area contributed by atoms with E-state index >= 15 is 0 Å². The number of anilines is 1. The minimum atomic E-state index is -0.0858. The minimum Gasteiger partial charge on any atom is -0.390 e. The van der Waals surface area contributed by atoms with E-state index in [1.807, 2.05) is 24.1 Å². The number of aromatic nitrogens is 2. The molecule has 0 radical (unpaired) electrons. The number of halogens is 1. The molecule has 0 unspecified atom stereocenters. The highest BCUT2D eigenvalue weighted by molar-refractivity contribution is 7.16. The largest absolute Gasteiger partial charge is 0.390 e. The summed E-state index contributed by atoms with van der Waals surface area (Å²) in [5, 5.41) is 8.88. The average Bonchev–Trinajstić information content (AvgIpc) is 2.75. The lowest BCUT2D eigenvalue weighted by Gasteiger charge is -2.16. The zero-order valence-corrected chi connectivity index (χ0v) is 10.9. The van der Waals surface area contributed by atoms with Crippen molar-refractivity contribution in [2.24, 2.45) is 0 Å². The van der Waals surface area contributed by atoms with Crippen LogP contribution in [0.5, 0.6) is 0 Å². The van der Waals surface area contributed by atoms with Gasteiger partial charge in [-0.2, -0.15) is 0 Å². The van der Waals surface area contributed by atoms with Crippen molar-refractivity contribution in [2.75, 3.05) is 11.9 Å². The maximum atomic E-state index is 8.88. The van der Waals surface area contributed by atoms with Crippen molar-refractivity contribution < 1.29 is 5.11 Å². The summed E-state index contributed by atoms with van der Waals surface area (Å²) in [6.07, 6.45) is 3.23. The second-order valence-corrected chi connectivity index (χ2v) is 5.39. The van der Waals surface area contributed by atoms with Crippen LogP contribution >= 0.6 is 22.9 Å². The van der Waals surface area contributed by atoms with Crippen molar-refractivity contribution in [1.82, 2.24) is 9.97 Å². The number of hydrogen-bond acceptors (Lipinski definition) is 5. The molecule has 0 amide bonds. The molecule has 1 N–H and O–H groups in total. The first kappa shape index (κ1) is 12.3. The fraction of sp³-hybridized carbons (Fsp3) is 0.273. The van der Waals surface area contributed by atoms with Gasteiger partial charge in [-0.05, 0) is 12.1 Å². The van der Waals surface area contributed by atoms with E-state index in [-0.39, 0.29) is 6.61 Å². The van der Waals surface area contributed by atoms with Crippen molar-refractivity contribution in [3.8, 4) is 0 Å². The molecule has 0 aliphatic rings. The van der Waals surface area contributed by atoms with Gasteiger partial charge in [0.2, 0.25) is 0 Å². The SMILES string of the molecule is CN(Cc1ccc(Cl)s1)c1cnc(CO)cn1. The molecule has 0 aromatic carbocycles. The maximum Gasteiger partial charge on any atom is 0.147 e. The highest BCUT2D eigenvalue weighted by Gasteiger charge is 2.06. The fourth-order valence-corrected chi connectivity index (χ4v) is 2.52. The van der Waals surface area contributed by atoms with Gasteiger partial charge >= 0.3 is 0 Å². The molecule has 2 aromatic rings. The first-order chi connectivity index (χ1) is 8.19. The number of aliphatic hydroxyl groups is 1. The average molecular weight is 270 g/mol. The molecule has 2 aromatic heterocycles. The van der Waals surface area contributed by atoms with E-state index in [9.17, 15) is 0 Å². The second-order valence-electron chi connectivity index (χ2n) is 3.59. The van der Waals surface area contributed by atoms with Crippen LogP contribution in [0.2, 0.25) is 4.34 Å². The van der Waals surface area contributed by atoms with E-state index < -0.39 is 0 Å². The number of hydrogen-bond donors (Lipinski definition) is 1. The summed E-state index contributed by atoms with van der Waals surface area (Å²) < 4.78 is 0.787. The van der Waals surface area contributed by atoms with Crippen LogP contribution in [0.15, 0.2) is 24.5 Å². The molecule has 0 saturated carbocycles. The molecule has 17 heavy (non-hydrogen) atoms. The van der Waals surface area contributed by atoms with Gasteiger partial charge < -0.3 is 10.0 Å². The lowest BCUT2D eigenvalue weighted by Crippen LogP contribution is -2.17. The first-order valence-corrected chi connectivity index (χ1v) is 6.25. The Morgan fingerprint density at radius 1 is 1.35 bits per heavy atom. The summed E-state index contributed by atoms with van der Waals surface area (Å²) in [6, 6.07) is 3.88. The fourth-order valence-electron chi connectivity index (χ4n) is 1.38. The molecule has 0 spiro atoms. The van der Waals surface area contributed by atoms with E-state index in [2.05, 4.69) is 9.97 Å². The van der Waals surface area contributed by atoms with Crippen LogP contribution in [-0.4, -0.2) is 22.1 Å². The Morgan fingerprint density at radius 3 is 2.71 bits per heavy atom. The van der Waals surface area contributed by atoms with Crippen LogP contribution in [0.4, 0.5) is 5.82 Å². The Hall–Kier alpha value is -1.17. The predicted molar refractivity (Wildman–Crippen MR) is 69.4 cm³/mol. The molecule has 6 heteroatoms. The van der Waals surface area contributed by atoms with E-state index in [4.69, 9.17) is 16.7 Å². The number of nitrogens with zero attached hydrogens (tertiary/aromatic N) is 3. The van der Waals surface area contributed by atoms with Crippen LogP contribution in [0, 0.1) is 0 Å². The van der Waals surface area contributed by atoms with Gasteiger partial charge in [0, 0.05) is 11.9 Å². The molecule has 4 nitrogen and oxygen atoms in total. The van der Waals surface area contributed by atoms with Gasteiger partial charge in [0.05, 0.1) is 35.6 Å². The molecular formula is C11H12ClN3OS. The van der Waals surface area contributed by atoms with E-state index in [0.29, 0.717) is 5.69 Å². The highest BCUT2D eigenvalue weighted by Crippen LogP contribution is 2.23. The van der Waals surface area contributed by atoms with Crippen LogP contribution < -0.4 is 4.90 Å². The topological polar surface area (TPSA) is 49.2 Å². The van der Waals surface area contributed by atoms with Crippen LogP contribution in [0.1, 0.15) is 10.6 Å². The molecule has 0 fully saturated rings. The summed E-state index contributed by atoms with van der Waals surface area (Å²) >= 11 is 7.43. The minimum absolute atomic E-state index is 0.0858. The van der Waals surface area contributed by atoms with Crippen molar-refractivity contribution in [2.45, 2.75) is 13.2 Å². The Bertz CT molecular complexity index is 486. The summed E-state index contributed by atoms with van der Waals surface area (Å²) in [5.41, 5.74) is 0.571. The molecule has 2 heterocycles. The maximum absolute atomic E-state index is 8.88.